The Morgan fingerprint density at radius 2 is 1.76 bits per heavy atom. The number of aryl methyl sites for hydroxylation is 3. The van der Waals surface area contributed by atoms with Gasteiger partial charge in [0.05, 0.1) is 12.1 Å². The fourth-order valence-corrected chi connectivity index (χ4v) is 3.40. The highest BCUT2D eigenvalue weighted by Gasteiger charge is 2.13. The van der Waals surface area contributed by atoms with Crippen molar-refractivity contribution in [2.45, 2.75) is 20.8 Å². The van der Waals surface area contributed by atoms with Gasteiger partial charge in [0.25, 0.3) is 0 Å². The Balaban J connectivity index is 1.66. The lowest BCUT2D eigenvalue weighted by Crippen LogP contribution is -2.34. The Hall–Kier alpha value is -3.47. The molecule has 0 spiro atoms. The molecular formula is C24H25N3O2. The molecule has 0 aliphatic heterocycles. The Morgan fingerprint density at radius 3 is 2.48 bits per heavy atom. The highest BCUT2D eigenvalue weighted by molar-refractivity contribution is 5.99. The number of nitrogens with one attached hydrogen (secondary N) is 1. The predicted octanol–water partition coefficient (Wildman–Crippen LogP) is 4.27. The minimum Gasteiger partial charge on any atom is -0.333 e. The van der Waals surface area contributed by atoms with Crippen LogP contribution in [0.15, 0.2) is 54.7 Å². The molecule has 0 radical (unpaired) electrons. The smallest absolute Gasteiger partial charge is 0.246 e. The van der Waals surface area contributed by atoms with Gasteiger partial charge < -0.3 is 10.2 Å². The van der Waals surface area contributed by atoms with Crippen molar-refractivity contribution in [3.8, 4) is 0 Å². The highest BCUT2D eigenvalue weighted by Crippen LogP contribution is 2.22. The summed E-state index contributed by atoms with van der Waals surface area (Å²) in [7, 11) is 1.61. The normalized spacial score (nSPS) is 11.0. The lowest BCUT2D eigenvalue weighted by Gasteiger charge is -2.17. The molecule has 0 saturated heterocycles. The molecule has 0 atom stereocenters. The van der Waals surface area contributed by atoms with Gasteiger partial charge in [-0.1, -0.05) is 42.0 Å². The van der Waals surface area contributed by atoms with Crippen molar-refractivity contribution in [3.63, 3.8) is 0 Å². The molecule has 1 heterocycles. The maximum atomic E-state index is 12.5. The zero-order valence-electron chi connectivity index (χ0n) is 17.2. The molecule has 5 heteroatoms. The van der Waals surface area contributed by atoms with Gasteiger partial charge in [-0.2, -0.15) is 0 Å². The fourth-order valence-electron chi connectivity index (χ4n) is 3.40. The number of rotatable bonds is 5. The molecule has 3 aromatic rings. The van der Waals surface area contributed by atoms with Crippen LogP contribution in [0.3, 0.4) is 0 Å². The van der Waals surface area contributed by atoms with Crippen LogP contribution in [0.4, 0.5) is 5.69 Å². The van der Waals surface area contributed by atoms with Crippen molar-refractivity contribution in [1.29, 1.82) is 0 Å². The van der Waals surface area contributed by atoms with Crippen LogP contribution in [-0.2, 0) is 9.59 Å². The fraction of sp³-hybridized carbons (Fsp3) is 0.208. The van der Waals surface area contributed by atoms with Gasteiger partial charge in [-0.15, -0.1) is 0 Å². The molecule has 2 amide bonds. The second kappa shape index (κ2) is 8.69. The zero-order valence-corrected chi connectivity index (χ0v) is 17.2. The topological polar surface area (TPSA) is 62.3 Å². The van der Waals surface area contributed by atoms with E-state index in [4.69, 9.17) is 0 Å². The molecule has 0 aliphatic carbocycles. The number of carbonyl (C=O) groups excluding carboxylic acids is 2. The highest BCUT2D eigenvalue weighted by atomic mass is 16.2. The number of hydrogen-bond donors (Lipinski definition) is 1. The standard InChI is InChI=1S/C24H25N3O2/c1-16-13-17(2)23(18(3)14-16)26-21(28)15-27(4)22(29)11-10-20-8-5-7-19-9-6-12-25-24(19)20/h5-14H,15H2,1-4H3,(H,26,28)/b11-10+. The second-order valence-electron chi connectivity index (χ2n) is 7.27. The molecule has 3 rings (SSSR count). The Bertz CT molecular complexity index is 1070. The van der Waals surface area contributed by atoms with Gasteiger partial charge >= 0.3 is 0 Å². The van der Waals surface area contributed by atoms with Gasteiger partial charge in [0.2, 0.25) is 11.8 Å². The first-order chi connectivity index (χ1) is 13.8. The maximum absolute atomic E-state index is 12.5. The minimum atomic E-state index is -0.245. The van der Waals surface area contributed by atoms with Gasteiger partial charge in [-0.3, -0.25) is 14.6 Å². The van der Waals surface area contributed by atoms with Crippen molar-refractivity contribution in [2.24, 2.45) is 0 Å². The summed E-state index contributed by atoms with van der Waals surface area (Å²) in [4.78, 5) is 30.7. The van der Waals surface area contributed by atoms with Crippen molar-refractivity contribution >= 4 is 34.5 Å². The van der Waals surface area contributed by atoms with Gasteiger partial charge in [-0.25, -0.2) is 0 Å². The zero-order chi connectivity index (χ0) is 21.0. The van der Waals surface area contributed by atoms with Crippen molar-refractivity contribution < 1.29 is 9.59 Å². The molecule has 0 bridgehead atoms. The summed E-state index contributed by atoms with van der Waals surface area (Å²) >= 11 is 0. The van der Waals surface area contributed by atoms with E-state index in [1.54, 1.807) is 19.3 Å². The summed E-state index contributed by atoms with van der Waals surface area (Å²) in [5.74, 6) is -0.471. The summed E-state index contributed by atoms with van der Waals surface area (Å²) in [5.41, 5.74) is 5.67. The molecule has 1 N–H and O–H groups in total. The Kier molecular flexibility index (Phi) is 6.07. The molecular weight excluding hydrogens is 362 g/mol. The summed E-state index contributed by atoms with van der Waals surface area (Å²) < 4.78 is 0. The number of fused-ring (bicyclic) bond motifs is 1. The monoisotopic (exact) mass is 387 g/mol. The lowest BCUT2D eigenvalue weighted by molar-refractivity contribution is -0.129. The summed E-state index contributed by atoms with van der Waals surface area (Å²) in [5, 5.41) is 3.94. The third-order valence-corrected chi connectivity index (χ3v) is 4.77. The number of pyridine rings is 1. The van der Waals surface area contributed by atoms with Crippen LogP contribution in [0, 0.1) is 20.8 Å². The van der Waals surface area contributed by atoms with E-state index in [2.05, 4.69) is 10.3 Å². The van der Waals surface area contributed by atoms with Gasteiger partial charge in [-0.05, 0) is 44.0 Å². The van der Waals surface area contributed by atoms with Gasteiger partial charge in [0.1, 0.15) is 0 Å². The lowest BCUT2D eigenvalue weighted by atomic mass is 10.1. The molecule has 0 aliphatic rings. The molecule has 148 valence electrons. The average molecular weight is 387 g/mol. The SMILES string of the molecule is Cc1cc(C)c(NC(=O)CN(C)C(=O)/C=C/c2cccc3cccnc23)c(C)c1. The first-order valence-electron chi connectivity index (χ1n) is 9.50. The van der Waals surface area contributed by atoms with E-state index in [-0.39, 0.29) is 18.4 Å². The number of likely N-dealkylation sites (N-methyl/N-ethyl adjacent to an activating group) is 1. The van der Waals surface area contributed by atoms with Crippen LogP contribution in [0.2, 0.25) is 0 Å². The average Bonchev–Trinajstić information content (AvgIpc) is 2.68. The number of carbonyl (C=O) groups is 2. The first kappa shape index (κ1) is 20.3. The molecule has 29 heavy (non-hydrogen) atoms. The van der Waals surface area contributed by atoms with Crippen LogP contribution < -0.4 is 5.32 Å². The van der Waals surface area contributed by atoms with E-state index >= 15 is 0 Å². The van der Waals surface area contributed by atoms with E-state index in [1.165, 1.54) is 11.0 Å². The van der Waals surface area contributed by atoms with Crippen molar-refractivity contribution in [1.82, 2.24) is 9.88 Å². The predicted molar refractivity (Wildman–Crippen MR) is 118 cm³/mol. The largest absolute Gasteiger partial charge is 0.333 e. The number of anilines is 1. The molecule has 5 nitrogen and oxygen atoms in total. The quantitative estimate of drug-likeness (QED) is 0.665. The Morgan fingerprint density at radius 1 is 1.07 bits per heavy atom. The third kappa shape index (κ3) is 4.88. The van der Waals surface area contributed by atoms with Crippen LogP contribution in [0.1, 0.15) is 22.3 Å². The van der Waals surface area contributed by atoms with Crippen LogP contribution >= 0.6 is 0 Å². The second-order valence-corrected chi connectivity index (χ2v) is 7.27. The third-order valence-electron chi connectivity index (χ3n) is 4.77. The molecule has 0 fully saturated rings. The summed E-state index contributed by atoms with van der Waals surface area (Å²) in [6.45, 7) is 5.93. The van der Waals surface area contributed by atoms with E-state index in [0.717, 1.165) is 38.8 Å². The van der Waals surface area contributed by atoms with Crippen LogP contribution in [0.5, 0.6) is 0 Å². The first-order valence-corrected chi connectivity index (χ1v) is 9.50. The molecule has 1 aromatic heterocycles. The number of hydrogen-bond acceptors (Lipinski definition) is 3. The number of para-hydroxylation sites is 1. The summed E-state index contributed by atoms with van der Waals surface area (Å²) in [6.07, 6.45) is 4.94. The van der Waals surface area contributed by atoms with Crippen molar-refractivity contribution in [3.05, 3.63) is 77.0 Å². The van der Waals surface area contributed by atoms with Crippen molar-refractivity contribution in [2.75, 3.05) is 18.9 Å². The van der Waals surface area contributed by atoms with E-state index in [1.807, 2.05) is 63.2 Å². The van der Waals surface area contributed by atoms with E-state index < -0.39 is 0 Å². The van der Waals surface area contributed by atoms with E-state index in [0.29, 0.717) is 0 Å². The minimum absolute atomic E-state index is 0.0241. The van der Waals surface area contributed by atoms with Crippen LogP contribution in [-0.4, -0.2) is 35.3 Å². The molecule has 0 saturated carbocycles. The summed E-state index contributed by atoms with van der Waals surface area (Å²) in [6, 6.07) is 13.7. The van der Waals surface area contributed by atoms with Gasteiger partial charge in [0, 0.05) is 36.0 Å². The maximum Gasteiger partial charge on any atom is 0.246 e. The van der Waals surface area contributed by atoms with Gasteiger partial charge in [0.15, 0.2) is 0 Å². The van der Waals surface area contributed by atoms with E-state index in [9.17, 15) is 9.59 Å². The number of amides is 2. The number of aromatic nitrogens is 1. The number of benzene rings is 2. The molecule has 0 unspecified atom stereocenters. The van der Waals surface area contributed by atoms with Crippen LogP contribution in [0.25, 0.3) is 17.0 Å². The number of nitrogens with zero attached hydrogens (tertiary/aromatic N) is 2. The Labute approximate surface area is 171 Å². The molecule has 2 aromatic carbocycles.